The Labute approximate surface area is 198 Å². The molecule has 2 aromatic carbocycles. The molecule has 1 saturated heterocycles. The Morgan fingerprint density at radius 2 is 1.82 bits per heavy atom. The van der Waals surface area contributed by atoms with E-state index in [9.17, 15) is 4.79 Å². The van der Waals surface area contributed by atoms with Crippen LogP contribution in [-0.2, 0) is 7.05 Å². The van der Waals surface area contributed by atoms with E-state index >= 15 is 0 Å². The number of methoxy groups -OCH3 is 2. The molecule has 1 aliphatic heterocycles. The number of rotatable bonds is 8. The number of thioether (sulfide) groups is 1. The van der Waals surface area contributed by atoms with Crippen molar-refractivity contribution in [1.82, 2.24) is 9.47 Å². The van der Waals surface area contributed by atoms with Crippen LogP contribution in [0.5, 0.6) is 17.2 Å². The Balaban J connectivity index is 1.55. The van der Waals surface area contributed by atoms with Gasteiger partial charge in [0.25, 0.3) is 0 Å². The van der Waals surface area contributed by atoms with Gasteiger partial charge in [-0.1, -0.05) is 0 Å². The number of hydrogen-bond donors (Lipinski definition) is 1. The van der Waals surface area contributed by atoms with Crippen molar-refractivity contribution in [3.63, 3.8) is 0 Å². The van der Waals surface area contributed by atoms with Crippen molar-refractivity contribution in [3.05, 3.63) is 46.6 Å². The van der Waals surface area contributed by atoms with E-state index in [0.29, 0.717) is 34.9 Å². The van der Waals surface area contributed by atoms with Crippen LogP contribution in [0.3, 0.4) is 0 Å². The lowest BCUT2D eigenvalue weighted by Crippen LogP contribution is -2.33. The van der Waals surface area contributed by atoms with Crippen LogP contribution in [0.1, 0.15) is 6.42 Å². The van der Waals surface area contributed by atoms with Gasteiger partial charge >= 0.3 is 0 Å². The first kappa shape index (κ1) is 23.3. The zero-order valence-electron chi connectivity index (χ0n) is 19.4. The van der Waals surface area contributed by atoms with Gasteiger partial charge in [0.05, 0.1) is 43.1 Å². The van der Waals surface area contributed by atoms with Gasteiger partial charge in [-0.2, -0.15) is 11.8 Å². The summed E-state index contributed by atoms with van der Waals surface area (Å²) in [6.45, 7) is 3.99. The Kier molecular flexibility index (Phi) is 7.35. The molecule has 0 bridgehead atoms. The summed E-state index contributed by atoms with van der Waals surface area (Å²) in [6.07, 6.45) is 0.967. The summed E-state index contributed by atoms with van der Waals surface area (Å²) in [6, 6.07) is 10.8. The molecular weight excluding hydrogens is 438 g/mol. The lowest BCUT2D eigenvalue weighted by molar-refractivity contribution is 0.249. The fraction of sp³-hybridized carbons (Fsp3) is 0.400. The van der Waals surface area contributed by atoms with Crippen molar-refractivity contribution >= 4 is 28.4 Å². The van der Waals surface area contributed by atoms with E-state index < -0.39 is 0 Å². The van der Waals surface area contributed by atoms with E-state index in [2.05, 4.69) is 4.90 Å². The first-order valence-corrected chi connectivity index (χ1v) is 12.3. The highest BCUT2D eigenvalue weighted by atomic mass is 32.2. The third-order valence-corrected chi connectivity index (χ3v) is 6.98. The number of nitrogen functional groups attached to an aromatic ring is 1. The second kappa shape index (κ2) is 10.4. The van der Waals surface area contributed by atoms with Gasteiger partial charge in [-0.25, -0.2) is 0 Å². The average Bonchev–Trinajstić information content (AvgIpc) is 2.84. The van der Waals surface area contributed by atoms with Crippen molar-refractivity contribution < 1.29 is 14.2 Å². The summed E-state index contributed by atoms with van der Waals surface area (Å²) in [5.41, 5.74) is 9.07. The standard InChI is InChI=1S/C25H31N3O4S/c1-27-20(16-22(29)25-21(27)14-18(30-2)15-24(25)31-3)17-5-6-23(19(26)13-17)32-10-4-7-28-8-11-33-12-9-28/h5-6,13-16H,4,7-12,26H2,1-3H3. The van der Waals surface area contributed by atoms with Crippen molar-refractivity contribution in [1.29, 1.82) is 0 Å². The lowest BCUT2D eigenvalue weighted by atomic mass is 10.1. The molecule has 0 amide bonds. The van der Waals surface area contributed by atoms with Gasteiger partial charge in [0.15, 0.2) is 5.43 Å². The van der Waals surface area contributed by atoms with Crippen molar-refractivity contribution in [2.75, 3.05) is 57.7 Å². The molecule has 0 unspecified atom stereocenters. The summed E-state index contributed by atoms with van der Waals surface area (Å²) in [5, 5.41) is 0.518. The molecular formula is C25H31N3O4S. The van der Waals surface area contributed by atoms with Crippen LogP contribution < -0.4 is 25.4 Å². The minimum Gasteiger partial charge on any atom is -0.497 e. The number of nitrogens with two attached hydrogens (primary N) is 1. The summed E-state index contributed by atoms with van der Waals surface area (Å²) < 4.78 is 18.7. The van der Waals surface area contributed by atoms with E-state index in [4.69, 9.17) is 19.9 Å². The van der Waals surface area contributed by atoms with Gasteiger partial charge in [0, 0.05) is 62.0 Å². The highest BCUT2D eigenvalue weighted by Crippen LogP contribution is 2.33. The quantitative estimate of drug-likeness (QED) is 0.399. The summed E-state index contributed by atoms with van der Waals surface area (Å²) in [4.78, 5) is 15.4. The molecule has 1 aromatic heterocycles. The summed E-state index contributed by atoms with van der Waals surface area (Å²) in [5.74, 6) is 4.21. The number of fused-ring (bicyclic) bond motifs is 1. The second-order valence-electron chi connectivity index (χ2n) is 8.09. The molecule has 33 heavy (non-hydrogen) atoms. The minimum atomic E-state index is -0.118. The number of nitrogens with zero attached hydrogens (tertiary/aromatic N) is 2. The monoisotopic (exact) mass is 469 g/mol. The first-order chi connectivity index (χ1) is 16.0. The molecule has 3 aromatic rings. The third kappa shape index (κ3) is 5.07. The molecule has 1 aliphatic rings. The van der Waals surface area contributed by atoms with Gasteiger partial charge in [-0.05, 0) is 24.6 Å². The third-order valence-electron chi connectivity index (χ3n) is 6.03. The highest BCUT2D eigenvalue weighted by Gasteiger charge is 2.15. The predicted molar refractivity (Wildman–Crippen MR) is 136 cm³/mol. The van der Waals surface area contributed by atoms with Gasteiger partial charge in [0.1, 0.15) is 17.2 Å². The van der Waals surface area contributed by atoms with Crippen LogP contribution in [-0.4, -0.2) is 61.4 Å². The zero-order valence-corrected chi connectivity index (χ0v) is 20.2. The number of benzene rings is 2. The topological polar surface area (TPSA) is 79.0 Å². The molecule has 0 saturated carbocycles. The lowest BCUT2D eigenvalue weighted by Gasteiger charge is -2.25. The van der Waals surface area contributed by atoms with Crippen LogP contribution in [0, 0.1) is 0 Å². The first-order valence-electron chi connectivity index (χ1n) is 11.1. The molecule has 2 N–H and O–H groups in total. The van der Waals surface area contributed by atoms with Crippen LogP contribution >= 0.6 is 11.8 Å². The van der Waals surface area contributed by atoms with E-state index in [1.807, 2.05) is 47.6 Å². The maximum absolute atomic E-state index is 13.0. The van der Waals surface area contributed by atoms with Gasteiger partial charge < -0.3 is 29.4 Å². The fourth-order valence-electron chi connectivity index (χ4n) is 4.20. The summed E-state index contributed by atoms with van der Waals surface area (Å²) >= 11 is 2.02. The number of anilines is 1. The molecule has 176 valence electrons. The Bertz CT molecular complexity index is 1190. The number of ether oxygens (including phenoxy) is 3. The molecule has 0 radical (unpaired) electrons. The van der Waals surface area contributed by atoms with Crippen molar-refractivity contribution in [3.8, 4) is 28.5 Å². The zero-order chi connectivity index (χ0) is 23.4. The second-order valence-corrected chi connectivity index (χ2v) is 9.31. The molecule has 1 fully saturated rings. The van der Waals surface area contributed by atoms with Crippen LogP contribution in [0.2, 0.25) is 0 Å². The molecule has 8 heteroatoms. The summed E-state index contributed by atoms with van der Waals surface area (Å²) in [7, 11) is 5.05. The number of hydrogen-bond acceptors (Lipinski definition) is 7. The van der Waals surface area contributed by atoms with Crippen LogP contribution in [0.15, 0.2) is 41.2 Å². The van der Waals surface area contributed by atoms with Gasteiger partial charge in [-0.3, -0.25) is 4.79 Å². The fourth-order valence-corrected chi connectivity index (χ4v) is 5.18. The normalized spacial score (nSPS) is 14.4. The maximum atomic E-state index is 13.0. The molecule has 0 aliphatic carbocycles. The number of aromatic nitrogens is 1. The Morgan fingerprint density at radius 3 is 2.52 bits per heavy atom. The maximum Gasteiger partial charge on any atom is 0.193 e. The molecule has 7 nitrogen and oxygen atoms in total. The SMILES string of the molecule is COc1cc(OC)c2c(=O)cc(-c3ccc(OCCCN4CCSCC4)c(N)c3)n(C)c2c1. The largest absolute Gasteiger partial charge is 0.497 e. The van der Waals surface area contributed by atoms with Gasteiger partial charge in [-0.15, -0.1) is 0 Å². The minimum absolute atomic E-state index is 0.118. The van der Waals surface area contributed by atoms with E-state index in [0.717, 1.165) is 42.8 Å². The van der Waals surface area contributed by atoms with Crippen molar-refractivity contribution in [2.24, 2.45) is 7.05 Å². The number of pyridine rings is 1. The van der Waals surface area contributed by atoms with Crippen LogP contribution in [0.4, 0.5) is 5.69 Å². The molecule has 0 atom stereocenters. The number of aryl methyl sites for hydroxylation is 1. The Morgan fingerprint density at radius 1 is 1.03 bits per heavy atom. The van der Waals surface area contributed by atoms with E-state index in [-0.39, 0.29) is 5.43 Å². The predicted octanol–water partition coefficient (Wildman–Crippen LogP) is 3.62. The molecule has 4 rings (SSSR count). The Hall–Kier alpha value is -2.84. The molecule has 0 spiro atoms. The van der Waals surface area contributed by atoms with Gasteiger partial charge in [0.2, 0.25) is 0 Å². The van der Waals surface area contributed by atoms with Crippen molar-refractivity contribution in [2.45, 2.75) is 6.42 Å². The van der Waals surface area contributed by atoms with Crippen LogP contribution in [0.25, 0.3) is 22.2 Å². The van der Waals surface area contributed by atoms with E-state index in [1.165, 1.54) is 11.5 Å². The molecule has 2 heterocycles. The smallest absolute Gasteiger partial charge is 0.193 e. The average molecular weight is 470 g/mol. The van der Waals surface area contributed by atoms with E-state index in [1.54, 1.807) is 26.4 Å². The highest BCUT2D eigenvalue weighted by molar-refractivity contribution is 7.99.